The topological polar surface area (TPSA) is 73.6 Å². The number of ether oxygens (including phenoxy) is 1. The summed E-state index contributed by atoms with van der Waals surface area (Å²) >= 11 is 0. The molecule has 0 unspecified atom stereocenters. The third-order valence-electron chi connectivity index (χ3n) is 7.37. The van der Waals surface area contributed by atoms with Gasteiger partial charge in [-0.05, 0) is 79.8 Å². The molecular weight excluding hydrogens is 438 g/mol. The Morgan fingerprint density at radius 2 is 1.71 bits per heavy atom. The van der Waals surface area contributed by atoms with Gasteiger partial charge in [0, 0.05) is 48.4 Å². The van der Waals surface area contributed by atoms with Gasteiger partial charge in [0.2, 0.25) is 0 Å². The Kier molecular flexibility index (Phi) is 5.28. The molecule has 2 aromatic rings. The number of anilines is 1. The number of carbonyl (C=O) groups is 2. The standard InChI is InChI=1S/C29H31N3O3/c1-28(2,3)35-27(34)32-12-10-31(11-13-32)20-7-9-22-23(16-20)29(4,5)24-15-19-14-18(17-30)6-8-21(19)25(24)26(22)33/h6-9,14,16H,10-13,15H2,1-5H3. The highest BCUT2D eigenvalue weighted by Crippen LogP contribution is 2.50. The second kappa shape index (κ2) is 7.98. The number of hydrogen-bond acceptors (Lipinski definition) is 5. The first-order valence-electron chi connectivity index (χ1n) is 12.2. The minimum absolute atomic E-state index is 0.0686. The van der Waals surface area contributed by atoms with Crippen LogP contribution in [-0.4, -0.2) is 48.6 Å². The van der Waals surface area contributed by atoms with Crippen LogP contribution in [0.25, 0.3) is 5.57 Å². The number of ketones is 1. The van der Waals surface area contributed by atoms with Crippen LogP contribution in [0.15, 0.2) is 42.0 Å². The van der Waals surface area contributed by atoms with Crippen LogP contribution in [0.3, 0.4) is 0 Å². The van der Waals surface area contributed by atoms with Crippen molar-refractivity contribution in [3.63, 3.8) is 0 Å². The van der Waals surface area contributed by atoms with Crippen LogP contribution >= 0.6 is 0 Å². The van der Waals surface area contributed by atoms with Crippen molar-refractivity contribution in [2.45, 2.75) is 52.1 Å². The van der Waals surface area contributed by atoms with Gasteiger partial charge in [-0.1, -0.05) is 19.9 Å². The Labute approximate surface area is 206 Å². The highest BCUT2D eigenvalue weighted by molar-refractivity contribution is 6.33. The van der Waals surface area contributed by atoms with E-state index in [0.717, 1.165) is 39.1 Å². The fourth-order valence-electron chi connectivity index (χ4n) is 5.50. The lowest BCUT2D eigenvalue weighted by molar-refractivity contribution is 0.0240. The van der Waals surface area contributed by atoms with Gasteiger partial charge in [0.15, 0.2) is 5.78 Å². The largest absolute Gasteiger partial charge is 0.444 e. The van der Waals surface area contributed by atoms with Crippen LogP contribution in [0.1, 0.15) is 67.2 Å². The molecule has 1 saturated heterocycles. The number of rotatable bonds is 1. The summed E-state index contributed by atoms with van der Waals surface area (Å²) in [6, 6.07) is 14.0. The van der Waals surface area contributed by atoms with E-state index < -0.39 is 5.60 Å². The molecule has 180 valence electrons. The van der Waals surface area contributed by atoms with Gasteiger partial charge in [-0.2, -0.15) is 5.26 Å². The molecule has 5 rings (SSSR count). The first kappa shape index (κ1) is 23.2. The predicted molar refractivity (Wildman–Crippen MR) is 136 cm³/mol. The van der Waals surface area contributed by atoms with Crippen molar-refractivity contribution in [3.05, 3.63) is 69.8 Å². The average Bonchev–Trinajstić information content (AvgIpc) is 3.21. The van der Waals surface area contributed by atoms with Crippen LogP contribution in [0, 0.1) is 11.3 Å². The van der Waals surface area contributed by atoms with Gasteiger partial charge >= 0.3 is 6.09 Å². The highest BCUT2D eigenvalue weighted by atomic mass is 16.6. The molecular formula is C29H31N3O3. The van der Waals surface area contributed by atoms with Crippen LogP contribution in [0.5, 0.6) is 0 Å². The van der Waals surface area contributed by atoms with E-state index in [4.69, 9.17) is 4.74 Å². The van der Waals surface area contributed by atoms with Gasteiger partial charge in [0.1, 0.15) is 5.60 Å². The molecule has 0 atom stereocenters. The molecule has 0 saturated carbocycles. The molecule has 0 aromatic heterocycles. The number of nitrogens with zero attached hydrogens (tertiary/aromatic N) is 3. The minimum Gasteiger partial charge on any atom is -0.444 e. The molecule has 0 spiro atoms. The van der Waals surface area contributed by atoms with Gasteiger partial charge in [0.25, 0.3) is 0 Å². The summed E-state index contributed by atoms with van der Waals surface area (Å²) in [6.07, 6.45) is 0.422. The summed E-state index contributed by atoms with van der Waals surface area (Å²) in [5.74, 6) is 0.0686. The molecule has 6 heteroatoms. The van der Waals surface area contributed by atoms with E-state index in [1.54, 1.807) is 11.0 Å². The Morgan fingerprint density at radius 1 is 1.03 bits per heavy atom. The molecule has 1 fully saturated rings. The molecule has 6 nitrogen and oxygen atoms in total. The third kappa shape index (κ3) is 3.89. The molecule has 1 aliphatic heterocycles. The Balaban J connectivity index is 1.40. The Morgan fingerprint density at radius 3 is 2.37 bits per heavy atom. The number of amides is 1. The molecule has 1 heterocycles. The zero-order valence-electron chi connectivity index (χ0n) is 21.1. The summed E-state index contributed by atoms with van der Waals surface area (Å²) in [6.45, 7) is 12.6. The van der Waals surface area contributed by atoms with Gasteiger partial charge < -0.3 is 14.5 Å². The number of Topliss-reactive ketones (excluding diaryl/α,β-unsaturated/α-hetero) is 1. The van der Waals surface area contributed by atoms with Crippen molar-refractivity contribution in [1.82, 2.24) is 4.90 Å². The Bertz CT molecular complexity index is 1320. The lowest BCUT2D eigenvalue weighted by atomic mass is 9.68. The zero-order chi connectivity index (χ0) is 25.1. The van der Waals surface area contributed by atoms with Crippen LogP contribution in [-0.2, 0) is 16.6 Å². The molecule has 0 radical (unpaired) electrons. The predicted octanol–water partition coefficient (Wildman–Crippen LogP) is 5.10. The summed E-state index contributed by atoms with van der Waals surface area (Å²) in [4.78, 5) is 30.1. The SMILES string of the molecule is CC(C)(C)OC(=O)N1CCN(c2ccc3c(c2)C(C)(C)C2=C(C3=O)c3ccc(C#N)cc3C2)CC1. The number of nitriles is 1. The van der Waals surface area contributed by atoms with Crippen molar-refractivity contribution in [3.8, 4) is 6.07 Å². The molecule has 0 bridgehead atoms. The maximum Gasteiger partial charge on any atom is 0.410 e. The van der Waals surface area contributed by atoms with E-state index >= 15 is 0 Å². The lowest BCUT2D eigenvalue weighted by Crippen LogP contribution is -2.50. The number of allylic oxidation sites excluding steroid dienone is 2. The van der Waals surface area contributed by atoms with Crippen molar-refractivity contribution < 1.29 is 14.3 Å². The first-order chi connectivity index (χ1) is 16.5. The second-order valence-electron chi connectivity index (χ2n) is 11.2. The molecule has 3 aliphatic rings. The minimum atomic E-state index is -0.506. The molecule has 2 aliphatic carbocycles. The van der Waals surface area contributed by atoms with E-state index in [2.05, 4.69) is 30.9 Å². The highest BCUT2D eigenvalue weighted by Gasteiger charge is 2.43. The zero-order valence-corrected chi connectivity index (χ0v) is 21.1. The first-order valence-corrected chi connectivity index (χ1v) is 12.2. The number of fused-ring (bicyclic) bond motifs is 3. The van der Waals surface area contributed by atoms with Crippen molar-refractivity contribution >= 4 is 23.1 Å². The monoisotopic (exact) mass is 469 g/mol. The van der Waals surface area contributed by atoms with E-state index in [1.165, 1.54) is 0 Å². The summed E-state index contributed by atoms with van der Waals surface area (Å²) in [7, 11) is 0. The number of hydrogen-bond donors (Lipinski definition) is 0. The van der Waals surface area contributed by atoms with Crippen LogP contribution in [0.4, 0.5) is 10.5 Å². The number of carbonyl (C=O) groups excluding carboxylic acids is 2. The van der Waals surface area contributed by atoms with Gasteiger partial charge in [-0.25, -0.2) is 4.79 Å². The normalized spacial score (nSPS) is 18.6. The quantitative estimate of drug-likeness (QED) is 0.581. The second-order valence-corrected chi connectivity index (χ2v) is 11.2. The average molecular weight is 470 g/mol. The van der Waals surface area contributed by atoms with E-state index in [9.17, 15) is 14.9 Å². The Hall–Kier alpha value is -3.59. The van der Waals surface area contributed by atoms with Crippen molar-refractivity contribution in [2.75, 3.05) is 31.1 Å². The van der Waals surface area contributed by atoms with Crippen LogP contribution < -0.4 is 4.90 Å². The van der Waals surface area contributed by atoms with E-state index in [0.29, 0.717) is 38.2 Å². The van der Waals surface area contributed by atoms with E-state index in [-0.39, 0.29) is 17.3 Å². The molecule has 35 heavy (non-hydrogen) atoms. The third-order valence-corrected chi connectivity index (χ3v) is 7.37. The van der Waals surface area contributed by atoms with E-state index in [1.807, 2.05) is 45.0 Å². The maximum atomic E-state index is 13.6. The van der Waals surface area contributed by atoms with Gasteiger partial charge in [-0.3, -0.25) is 4.79 Å². The van der Waals surface area contributed by atoms with Gasteiger partial charge in [-0.15, -0.1) is 0 Å². The summed E-state index contributed by atoms with van der Waals surface area (Å²) < 4.78 is 5.52. The number of piperazine rings is 1. The molecule has 0 N–H and O–H groups in total. The maximum absolute atomic E-state index is 13.6. The van der Waals surface area contributed by atoms with Gasteiger partial charge in [0.05, 0.1) is 11.6 Å². The lowest BCUT2D eigenvalue weighted by Gasteiger charge is -2.39. The van der Waals surface area contributed by atoms with Crippen molar-refractivity contribution in [1.29, 1.82) is 5.26 Å². The van der Waals surface area contributed by atoms with Crippen LogP contribution in [0.2, 0.25) is 0 Å². The molecule has 1 amide bonds. The summed E-state index contributed by atoms with van der Waals surface area (Å²) in [5, 5.41) is 9.31. The fourth-order valence-corrected chi connectivity index (χ4v) is 5.50. The smallest absolute Gasteiger partial charge is 0.410 e. The molecule has 2 aromatic carbocycles. The fraction of sp³-hybridized carbons (Fsp3) is 0.414. The number of benzene rings is 2. The summed E-state index contributed by atoms with van der Waals surface area (Å²) in [5.41, 5.74) is 6.63. The van der Waals surface area contributed by atoms with Crippen molar-refractivity contribution in [2.24, 2.45) is 0 Å².